The maximum atomic E-state index is 11.5. The molecule has 3 nitrogen and oxygen atoms in total. The van der Waals surface area contributed by atoms with E-state index in [2.05, 4.69) is 19.2 Å². The van der Waals surface area contributed by atoms with Crippen molar-refractivity contribution in [2.24, 2.45) is 22.5 Å². The minimum absolute atomic E-state index is 0.0350. The van der Waals surface area contributed by atoms with Gasteiger partial charge in [-0.05, 0) is 18.3 Å². The zero-order valence-electron chi connectivity index (χ0n) is 9.81. The van der Waals surface area contributed by atoms with Crippen molar-refractivity contribution in [1.29, 1.82) is 0 Å². The molecule has 2 unspecified atom stereocenters. The number of primary amides is 1. The monoisotopic (exact) mass is 210 g/mol. The second-order valence-electron chi connectivity index (χ2n) is 5.83. The molecular formula is C12H22N2O. The number of hydrogen-bond acceptors (Lipinski definition) is 2. The van der Waals surface area contributed by atoms with E-state index >= 15 is 0 Å². The number of nitrogens with two attached hydrogens (primary N) is 1. The number of rotatable bonds is 1. The molecule has 15 heavy (non-hydrogen) atoms. The fourth-order valence-electron chi connectivity index (χ4n) is 3.70. The van der Waals surface area contributed by atoms with Gasteiger partial charge in [-0.1, -0.05) is 26.7 Å². The van der Waals surface area contributed by atoms with Crippen LogP contribution < -0.4 is 11.1 Å². The number of carbonyl (C=O) groups excluding carboxylic acids is 1. The first kappa shape index (κ1) is 10.9. The molecule has 3 heteroatoms. The van der Waals surface area contributed by atoms with Gasteiger partial charge < -0.3 is 11.1 Å². The molecule has 1 spiro atoms. The quantitative estimate of drug-likeness (QED) is 0.685. The summed E-state index contributed by atoms with van der Waals surface area (Å²) in [6, 6.07) is 0. The predicted molar refractivity (Wildman–Crippen MR) is 60.2 cm³/mol. The van der Waals surface area contributed by atoms with Gasteiger partial charge in [-0.25, -0.2) is 0 Å². The summed E-state index contributed by atoms with van der Waals surface area (Å²) in [5.74, 6) is -0.0808. The summed E-state index contributed by atoms with van der Waals surface area (Å²) in [4.78, 5) is 11.5. The van der Waals surface area contributed by atoms with Crippen LogP contribution in [0.2, 0.25) is 0 Å². The van der Waals surface area contributed by atoms with Crippen LogP contribution >= 0.6 is 0 Å². The Morgan fingerprint density at radius 3 is 2.60 bits per heavy atom. The normalized spacial score (nSPS) is 39.5. The van der Waals surface area contributed by atoms with E-state index in [4.69, 9.17) is 5.73 Å². The van der Waals surface area contributed by atoms with E-state index in [-0.39, 0.29) is 22.7 Å². The molecule has 0 aromatic heterocycles. The highest BCUT2D eigenvalue weighted by Crippen LogP contribution is 2.55. The predicted octanol–water partition coefficient (Wildman–Crippen LogP) is 1.28. The maximum Gasteiger partial charge on any atom is 0.222 e. The summed E-state index contributed by atoms with van der Waals surface area (Å²) in [6.45, 7) is 6.34. The van der Waals surface area contributed by atoms with Gasteiger partial charge in [-0.3, -0.25) is 4.79 Å². The number of amides is 1. The van der Waals surface area contributed by atoms with Crippen molar-refractivity contribution in [1.82, 2.24) is 5.32 Å². The van der Waals surface area contributed by atoms with E-state index in [1.54, 1.807) is 0 Å². The van der Waals surface area contributed by atoms with E-state index in [0.717, 1.165) is 19.5 Å². The summed E-state index contributed by atoms with van der Waals surface area (Å²) in [5.41, 5.74) is 5.91. The second-order valence-corrected chi connectivity index (χ2v) is 5.83. The molecule has 86 valence electrons. The summed E-state index contributed by atoms with van der Waals surface area (Å²) < 4.78 is 0. The number of carbonyl (C=O) groups is 1. The largest absolute Gasteiger partial charge is 0.369 e. The third-order valence-corrected chi connectivity index (χ3v) is 4.82. The molecule has 0 aromatic rings. The Kier molecular flexibility index (Phi) is 2.53. The zero-order chi connectivity index (χ0) is 11.1. The summed E-state index contributed by atoms with van der Waals surface area (Å²) >= 11 is 0. The summed E-state index contributed by atoms with van der Waals surface area (Å²) in [6.07, 6.45) is 4.91. The first-order valence-corrected chi connectivity index (χ1v) is 6.00. The van der Waals surface area contributed by atoms with Gasteiger partial charge in [-0.15, -0.1) is 0 Å². The lowest BCUT2D eigenvalue weighted by Gasteiger charge is -2.50. The molecule has 0 bridgehead atoms. The van der Waals surface area contributed by atoms with Crippen LogP contribution in [0.5, 0.6) is 0 Å². The van der Waals surface area contributed by atoms with Crippen LogP contribution in [-0.2, 0) is 4.79 Å². The van der Waals surface area contributed by atoms with Crippen LogP contribution in [0, 0.1) is 16.7 Å². The van der Waals surface area contributed by atoms with Crippen LogP contribution in [0.1, 0.15) is 39.5 Å². The molecule has 1 amide bonds. The van der Waals surface area contributed by atoms with Crippen LogP contribution in [0.15, 0.2) is 0 Å². The Balaban J connectivity index is 2.33. The number of hydrogen-bond donors (Lipinski definition) is 2. The Bertz CT molecular complexity index is 275. The Labute approximate surface area is 91.8 Å². The van der Waals surface area contributed by atoms with Crippen molar-refractivity contribution in [3.63, 3.8) is 0 Å². The van der Waals surface area contributed by atoms with E-state index in [1.165, 1.54) is 19.3 Å². The van der Waals surface area contributed by atoms with Crippen molar-refractivity contribution in [2.45, 2.75) is 39.5 Å². The lowest BCUT2D eigenvalue weighted by molar-refractivity contribution is -0.129. The van der Waals surface area contributed by atoms with Crippen molar-refractivity contribution < 1.29 is 4.79 Å². The van der Waals surface area contributed by atoms with Gasteiger partial charge in [0, 0.05) is 18.5 Å². The molecule has 2 rings (SSSR count). The standard InChI is InChI=1S/C12H22N2O/c1-11(2)5-3-4-6-12(11)8-14-7-9(12)10(13)15/h9,14H,3-8H2,1-2H3,(H2,13,15). The average Bonchev–Trinajstić information content (AvgIpc) is 2.56. The molecule has 1 heterocycles. The van der Waals surface area contributed by atoms with Crippen LogP contribution in [0.25, 0.3) is 0 Å². The molecular weight excluding hydrogens is 188 g/mol. The van der Waals surface area contributed by atoms with E-state index < -0.39 is 0 Å². The van der Waals surface area contributed by atoms with Gasteiger partial charge in [0.25, 0.3) is 0 Å². The molecule has 1 saturated heterocycles. The molecule has 0 aromatic carbocycles. The molecule has 2 atom stereocenters. The highest BCUT2D eigenvalue weighted by Gasteiger charge is 2.55. The summed E-state index contributed by atoms with van der Waals surface area (Å²) in [7, 11) is 0. The van der Waals surface area contributed by atoms with E-state index in [1.807, 2.05) is 0 Å². The topological polar surface area (TPSA) is 55.1 Å². The first-order chi connectivity index (χ1) is 7.00. The minimum atomic E-state index is -0.116. The van der Waals surface area contributed by atoms with Crippen LogP contribution in [0.3, 0.4) is 0 Å². The Morgan fingerprint density at radius 2 is 2.00 bits per heavy atom. The van der Waals surface area contributed by atoms with Crippen molar-refractivity contribution in [3.05, 3.63) is 0 Å². The van der Waals surface area contributed by atoms with Crippen molar-refractivity contribution >= 4 is 5.91 Å². The SMILES string of the molecule is CC1(C)CCCCC12CNCC2C(N)=O. The molecule has 1 aliphatic heterocycles. The molecule has 2 aliphatic rings. The Hall–Kier alpha value is -0.570. The lowest BCUT2D eigenvalue weighted by Crippen LogP contribution is -2.50. The van der Waals surface area contributed by atoms with Crippen LogP contribution in [0.4, 0.5) is 0 Å². The fraction of sp³-hybridized carbons (Fsp3) is 0.917. The van der Waals surface area contributed by atoms with E-state index in [0.29, 0.717) is 0 Å². The lowest BCUT2D eigenvalue weighted by atomic mass is 9.53. The minimum Gasteiger partial charge on any atom is -0.369 e. The van der Waals surface area contributed by atoms with Gasteiger partial charge in [0.2, 0.25) is 5.91 Å². The molecule has 1 saturated carbocycles. The zero-order valence-corrected chi connectivity index (χ0v) is 9.81. The Morgan fingerprint density at radius 1 is 1.33 bits per heavy atom. The highest BCUT2D eigenvalue weighted by molar-refractivity contribution is 5.78. The molecule has 0 radical (unpaired) electrons. The van der Waals surface area contributed by atoms with Crippen molar-refractivity contribution in [3.8, 4) is 0 Å². The molecule has 3 N–H and O–H groups in total. The highest BCUT2D eigenvalue weighted by atomic mass is 16.1. The van der Waals surface area contributed by atoms with E-state index in [9.17, 15) is 4.79 Å². The first-order valence-electron chi connectivity index (χ1n) is 6.00. The molecule has 2 fully saturated rings. The van der Waals surface area contributed by atoms with Crippen molar-refractivity contribution in [2.75, 3.05) is 13.1 Å². The fourth-order valence-corrected chi connectivity index (χ4v) is 3.70. The molecule has 1 aliphatic carbocycles. The van der Waals surface area contributed by atoms with Gasteiger partial charge in [0.15, 0.2) is 0 Å². The summed E-state index contributed by atoms with van der Waals surface area (Å²) in [5, 5.41) is 3.37. The van der Waals surface area contributed by atoms with Gasteiger partial charge in [-0.2, -0.15) is 0 Å². The third kappa shape index (κ3) is 1.48. The maximum absolute atomic E-state index is 11.5. The van der Waals surface area contributed by atoms with Crippen LogP contribution in [-0.4, -0.2) is 19.0 Å². The third-order valence-electron chi connectivity index (χ3n) is 4.82. The second kappa shape index (κ2) is 3.48. The van der Waals surface area contributed by atoms with Gasteiger partial charge >= 0.3 is 0 Å². The smallest absolute Gasteiger partial charge is 0.222 e. The van der Waals surface area contributed by atoms with Gasteiger partial charge in [0.1, 0.15) is 0 Å². The average molecular weight is 210 g/mol. The number of nitrogens with one attached hydrogen (secondary N) is 1. The van der Waals surface area contributed by atoms with Gasteiger partial charge in [0.05, 0.1) is 5.92 Å².